The summed E-state index contributed by atoms with van der Waals surface area (Å²) < 4.78 is 5.56. The van der Waals surface area contributed by atoms with E-state index < -0.39 is 6.09 Å². The number of rotatable bonds is 5. The molecular formula is C27H32N4O2. The first kappa shape index (κ1) is 22.6. The summed E-state index contributed by atoms with van der Waals surface area (Å²) in [5.74, 6) is 1.46. The van der Waals surface area contributed by atoms with E-state index in [1.165, 1.54) is 25.7 Å². The van der Waals surface area contributed by atoms with Crippen molar-refractivity contribution in [3.63, 3.8) is 0 Å². The third-order valence-electron chi connectivity index (χ3n) is 6.04. The van der Waals surface area contributed by atoms with Crippen molar-refractivity contribution in [2.24, 2.45) is 0 Å². The van der Waals surface area contributed by atoms with Crippen LogP contribution in [0.25, 0.3) is 11.1 Å². The number of nitrogens with one attached hydrogen (secondary N) is 1. The molecule has 33 heavy (non-hydrogen) atoms. The molecule has 4 rings (SSSR count). The highest BCUT2D eigenvalue weighted by Gasteiger charge is 2.12. The SMILES string of the molecule is Cc1ccc(OC(=O)Nc2ccc(N3CCCCCC3)nc2)cc1-c1ccc(N(C)C)cc1. The first-order valence-corrected chi connectivity index (χ1v) is 11.6. The molecule has 1 aliphatic rings. The highest BCUT2D eigenvalue weighted by Crippen LogP contribution is 2.29. The van der Waals surface area contributed by atoms with Crippen LogP contribution in [0.1, 0.15) is 31.2 Å². The topological polar surface area (TPSA) is 57.7 Å². The van der Waals surface area contributed by atoms with Crippen molar-refractivity contribution in [3.05, 3.63) is 66.4 Å². The van der Waals surface area contributed by atoms with Crippen molar-refractivity contribution in [3.8, 4) is 16.9 Å². The quantitative estimate of drug-likeness (QED) is 0.514. The number of benzene rings is 2. The highest BCUT2D eigenvalue weighted by atomic mass is 16.6. The predicted octanol–water partition coefficient (Wildman–Crippen LogP) is 6.11. The molecule has 1 aliphatic heterocycles. The number of carbonyl (C=O) groups excluding carboxylic acids is 1. The minimum atomic E-state index is -0.530. The second-order valence-electron chi connectivity index (χ2n) is 8.74. The fourth-order valence-electron chi connectivity index (χ4n) is 4.11. The second kappa shape index (κ2) is 10.4. The summed E-state index contributed by atoms with van der Waals surface area (Å²) >= 11 is 0. The smallest absolute Gasteiger partial charge is 0.410 e. The number of nitrogens with zero attached hydrogens (tertiary/aromatic N) is 3. The molecule has 0 spiro atoms. The monoisotopic (exact) mass is 444 g/mol. The van der Waals surface area contributed by atoms with Crippen LogP contribution in [0.2, 0.25) is 0 Å². The van der Waals surface area contributed by atoms with Gasteiger partial charge >= 0.3 is 6.09 Å². The van der Waals surface area contributed by atoms with E-state index in [4.69, 9.17) is 4.74 Å². The zero-order chi connectivity index (χ0) is 23.2. The molecule has 0 atom stereocenters. The van der Waals surface area contributed by atoms with Crippen LogP contribution in [0.3, 0.4) is 0 Å². The zero-order valence-electron chi connectivity index (χ0n) is 19.7. The van der Waals surface area contributed by atoms with Gasteiger partial charge in [-0.15, -0.1) is 0 Å². The number of carbonyl (C=O) groups is 1. The molecule has 0 unspecified atom stereocenters. The van der Waals surface area contributed by atoms with Crippen LogP contribution in [0.4, 0.5) is 22.0 Å². The minimum Gasteiger partial charge on any atom is -0.410 e. The Labute approximate surface area is 196 Å². The van der Waals surface area contributed by atoms with Gasteiger partial charge in [-0.25, -0.2) is 9.78 Å². The molecule has 1 amide bonds. The molecule has 2 aromatic carbocycles. The first-order chi connectivity index (χ1) is 16.0. The van der Waals surface area contributed by atoms with E-state index in [0.29, 0.717) is 11.4 Å². The van der Waals surface area contributed by atoms with Crippen LogP contribution >= 0.6 is 0 Å². The van der Waals surface area contributed by atoms with E-state index >= 15 is 0 Å². The maximum Gasteiger partial charge on any atom is 0.417 e. The van der Waals surface area contributed by atoms with Crippen molar-refractivity contribution in [2.45, 2.75) is 32.6 Å². The van der Waals surface area contributed by atoms with Crippen LogP contribution in [0.15, 0.2) is 60.8 Å². The van der Waals surface area contributed by atoms with E-state index in [-0.39, 0.29) is 0 Å². The predicted molar refractivity (Wildman–Crippen MR) is 136 cm³/mol. The normalized spacial score (nSPS) is 13.8. The van der Waals surface area contributed by atoms with Crippen molar-refractivity contribution in [1.82, 2.24) is 4.98 Å². The third kappa shape index (κ3) is 5.83. The summed E-state index contributed by atoms with van der Waals surface area (Å²) in [4.78, 5) is 21.4. The summed E-state index contributed by atoms with van der Waals surface area (Å²) in [5.41, 5.74) is 4.99. The molecule has 1 saturated heterocycles. The van der Waals surface area contributed by atoms with Gasteiger partial charge < -0.3 is 14.5 Å². The van der Waals surface area contributed by atoms with Crippen LogP contribution in [-0.2, 0) is 0 Å². The summed E-state index contributed by atoms with van der Waals surface area (Å²) in [6, 6.07) is 17.8. The Balaban J connectivity index is 1.40. The van der Waals surface area contributed by atoms with Crippen LogP contribution in [-0.4, -0.2) is 38.3 Å². The Morgan fingerprint density at radius 1 is 0.970 bits per heavy atom. The van der Waals surface area contributed by atoms with Crippen molar-refractivity contribution in [2.75, 3.05) is 42.3 Å². The van der Waals surface area contributed by atoms with Crippen LogP contribution in [0.5, 0.6) is 5.75 Å². The molecule has 6 nitrogen and oxygen atoms in total. The maximum absolute atomic E-state index is 12.5. The zero-order valence-corrected chi connectivity index (χ0v) is 19.7. The fraction of sp³-hybridized carbons (Fsp3) is 0.333. The lowest BCUT2D eigenvalue weighted by Crippen LogP contribution is -2.25. The van der Waals surface area contributed by atoms with Crippen molar-refractivity contribution < 1.29 is 9.53 Å². The average molecular weight is 445 g/mol. The van der Waals surface area contributed by atoms with Gasteiger partial charge in [0.25, 0.3) is 0 Å². The Morgan fingerprint density at radius 2 is 1.70 bits per heavy atom. The summed E-state index contributed by atoms with van der Waals surface area (Å²) in [6.45, 7) is 4.13. The molecule has 0 radical (unpaired) electrons. The number of aryl methyl sites for hydroxylation is 1. The molecule has 0 aliphatic carbocycles. The van der Waals surface area contributed by atoms with Gasteiger partial charge in [-0.3, -0.25) is 5.32 Å². The minimum absolute atomic E-state index is 0.499. The standard InChI is InChI=1S/C27H32N4O2/c1-20-8-14-24(18-25(20)21-9-12-23(13-10-21)30(2)3)33-27(32)29-22-11-15-26(28-19-22)31-16-6-4-5-7-17-31/h8-15,18-19H,4-7,16-17H2,1-3H3,(H,29,32). The van der Waals surface area contributed by atoms with Crippen LogP contribution in [0, 0.1) is 6.92 Å². The van der Waals surface area contributed by atoms with Gasteiger partial charge in [0.1, 0.15) is 11.6 Å². The molecule has 6 heteroatoms. The molecule has 3 aromatic rings. The summed E-state index contributed by atoms with van der Waals surface area (Å²) in [7, 11) is 4.04. The Hall–Kier alpha value is -3.54. The highest BCUT2D eigenvalue weighted by molar-refractivity contribution is 5.86. The number of pyridine rings is 1. The number of hydrogen-bond donors (Lipinski definition) is 1. The lowest BCUT2D eigenvalue weighted by Gasteiger charge is -2.21. The maximum atomic E-state index is 12.5. The molecular weight excluding hydrogens is 412 g/mol. The molecule has 1 fully saturated rings. The van der Waals surface area contributed by atoms with Gasteiger partial charge in [0.2, 0.25) is 0 Å². The lowest BCUT2D eigenvalue weighted by atomic mass is 10.00. The lowest BCUT2D eigenvalue weighted by molar-refractivity contribution is 0.215. The fourth-order valence-corrected chi connectivity index (χ4v) is 4.11. The van der Waals surface area contributed by atoms with E-state index in [1.807, 2.05) is 44.4 Å². The average Bonchev–Trinajstić information content (AvgIpc) is 3.10. The Kier molecular flexibility index (Phi) is 7.13. The van der Waals surface area contributed by atoms with E-state index in [9.17, 15) is 4.79 Å². The largest absolute Gasteiger partial charge is 0.417 e. The third-order valence-corrected chi connectivity index (χ3v) is 6.04. The number of anilines is 3. The van der Waals surface area contributed by atoms with Gasteiger partial charge in [-0.05, 0) is 72.9 Å². The van der Waals surface area contributed by atoms with Gasteiger partial charge in [-0.2, -0.15) is 0 Å². The molecule has 0 saturated carbocycles. The second-order valence-corrected chi connectivity index (χ2v) is 8.74. The van der Waals surface area contributed by atoms with E-state index in [2.05, 4.69) is 51.3 Å². The van der Waals surface area contributed by atoms with Crippen LogP contribution < -0.4 is 19.9 Å². The van der Waals surface area contributed by atoms with Gasteiger partial charge in [0.15, 0.2) is 0 Å². The summed E-state index contributed by atoms with van der Waals surface area (Å²) in [5, 5.41) is 2.78. The van der Waals surface area contributed by atoms with Gasteiger partial charge in [-0.1, -0.05) is 31.0 Å². The molecule has 2 heterocycles. The van der Waals surface area contributed by atoms with E-state index in [1.54, 1.807) is 6.20 Å². The molecule has 0 bridgehead atoms. The van der Waals surface area contributed by atoms with Crippen molar-refractivity contribution in [1.29, 1.82) is 0 Å². The molecule has 1 N–H and O–H groups in total. The number of ether oxygens (including phenoxy) is 1. The molecule has 172 valence electrons. The number of aromatic nitrogens is 1. The van der Waals surface area contributed by atoms with Gasteiger partial charge in [0, 0.05) is 32.9 Å². The summed E-state index contributed by atoms with van der Waals surface area (Å²) in [6.07, 6.45) is 6.12. The Bertz CT molecular complexity index is 1070. The first-order valence-electron chi connectivity index (χ1n) is 11.6. The number of amides is 1. The Morgan fingerprint density at radius 3 is 2.33 bits per heavy atom. The van der Waals surface area contributed by atoms with Gasteiger partial charge in [0.05, 0.1) is 11.9 Å². The van der Waals surface area contributed by atoms with Crippen molar-refractivity contribution >= 4 is 23.3 Å². The number of hydrogen-bond acceptors (Lipinski definition) is 5. The van der Waals surface area contributed by atoms with E-state index in [0.717, 1.165) is 41.3 Å². The molecule has 1 aromatic heterocycles.